The Morgan fingerprint density at radius 2 is 2.06 bits per heavy atom. The average Bonchev–Trinajstić information content (AvgIpc) is 2.70. The lowest BCUT2D eigenvalue weighted by molar-refractivity contribution is 0.419. The van der Waals surface area contributed by atoms with E-state index in [0.29, 0.717) is 21.5 Å². The molecule has 3 rings (SSSR count). The number of hydrogen-bond acceptors (Lipinski definition) is 4. The minimum atomic E-state index is -0.362. The molecule has 86 valence electrons. The molecule has 2 N–H and O–H groups in total. The lowest BCUT2D eigenvalue weighted by atomic mass is 10.1. The summed E-state index contributed by atoms with van der Waals surface area (Å²) in [4.78, 5) is 27.4. The predicted octanol–water partition coefficient (Wildman–Crippen LogP) is 1.44. The Morgan fingerprint density at radius 3 is 2.82 bits per heavy atom. The van der Waals surface area contributed by atoms with Crippen LogP contribution < -0.4 is 15.7 Å². The van der Waals surface area contributed by atoms with Gasteiger partial charge in [-0.15, -0.1) is 0 Å². The highest BCUT2D eigenvalue weighted by Crippen LogP contribution is 2.23. The highest BCUT2D eigenvalue weighted by Gasteiger charge is 2.13. The third kappa shape index (κ3) is 1.31. The van der Waals surface area contributed by atoms with Gasteiger partial charge in [0.05, 0.1) is 18.0 Å². The molecule has 0 unspecified atom stereocenters. The first kappa shape index (κ1) is 10.1. The average molecular weight is 248 g/mol. The molecule has 0 spiro atoms. The van der Waals surface area contributed by atoms with E-state index >= 15 is 0 Å². The van der Waals surface area contributed by atoms with E-state index in [-0.39, 0.29) is 16.4 Å². The van der Waals surface area contributed by atoms with Gasteiger partial charge in [0.1, 0.15) is 16.0 Å². The van der Waals surface area contributed by atoms with Gasteiger partial charge in [0, 0.05) is 0 Å². The molecule has 2 aromatic heterocycles. The smallest absolute Gasteiger partial charge is 0.271 e. The van der Waals surface area contributed by atoms with Crippen molar-refractivity contribution in [3.05, 3.63) is 38.8 Å². The number of ether oxygens (including phenoxy) is 1. The first-order valence-electron chi connectivity index (χ1n) is 4.92. The molecule has 0 atom stereocenters. The predicted molar refractivity (Wildman–Crippen MR) is 67.1 cm³/mol. The molecule has 0 aliphatic carbocycles. The monoisotopic (exact) mass is 248 g/mol. The molecular formula is C11H8N2O3S. The maximum Gasteiger partial charge on any atom is 0.271 e. The summed E-state index contributed by atoms with van der Waals surface area (Å²) in [6.45, 7) is 0. The van der Waals surface area contributed by atoms with Crippen molar-refractivity contribution in [2.75, 3.05) is 7.11 Å². The van der Waals surface area contributed by atoms with Crippen molar-refractivity contribution >= 4 is 32.7 Å². The van der Waals surface area contributed by atoms with Crippen molar-refractivity contribution in [2.45, 2.75) is 0 Å². The van der Waals surface area contributed by atoms with Crippen LogP contribution in [0.5, 0.6) is 5.75 Å². The topological polar surface area (TPSA) is 75.0 Å². The van der Waals surface area contributed by atoms with Gasteiger partial charge in [-0.25, -0.2) is 0 Å². The van der Waals surface area contributed by atoms with E-state index in [2.05, 4.69) is 9.36 Å². The van der Waals surface area contributed by atoms with Gasteiger partial charge in [-0.3, -0.25) is 14.0 Å². The van der Waals surface area contributed by atoms with E-state index in [1.807, 2.05) is 0 Å². The van der Waals surface area contributed by atoms with E-state index in [4.69, 9.17) is 4.74 Å². The van der Waals surface area contributed by atoms with E-state index < -0.39 is 0 Å². The van der Waals surface area contributed by atoms with Crippen LogP contribution >= 0.6 is 11.5 Å². The van der Waals surface area contributed by atoms with Crippen LogP contribution in [-0.2, 0) is 0 Å². The quantitative estimate of drug-likeness (QED) is 0.684. The van der Waals surface area contributed by atoms with E-state index in [1.54, 1.807) is 18.2 Å². The van der Waals surface area contributed by atoms with Crippen LogP contribution in [0.25, 0.3) is 21.1 Å². The molecule has 0 amide bonds. The Morgan fingerprint density at radius 1 is 1.24 bits per heavy atom. The van der Waals surface area contributed by atoms with Crippen molar-refractivity contribution in [1.29, 1.82) is 0 Å². The maximum absolute atomic E-state index is 12.2. The van der Waals surface area contributed by atoms with Gasteiger partial charge in [0.2, 0.25) is 5.43 Å². The maximum atomic E-state index is 12.2. The second kappa shape index (κ2) is 3.46. The lowest BCUT2D eigenvalue weighted by Gasteiger charge is -2.03. The van der Waals surface area contributed by atoms with E-state index in [9.17, 15) is 9.59 Å². The molecule has 0 saturated heterocycles. The first-order chi connectivity index (χ1) is 8.22. The summed E-state index contributed by atoms with van der Waals surface area (Å²) < 4.78 is 7.69. The highest BCUT2D eigenvalue weighted by molar-refractivity contribution is 7.12. The second-order valence-corrected chi connectivity index (χ2v) is 4.39. The van der Waals surface area contributed by atoms with Crippen LogP contribution in [0.15, 0.2) is 27.8 Å². The number of aromatic nitrogens is 2. The number of nitrogens with one attached hydrogen (secondary N) is 2. The van der Waals surface area contributed by atoms with Gasteiger partial charge in [-0.05, 0) is 23.7 Å². The Labute approximate surface area is 98.8 Å². The zero-order valence-corrected chi connectivity index (χ0v) is 9.68. The number of hydrogen-bond donors (Lipinski definition) is 2. The number of pyridine rings is 1. The minimum absolute atomic E-state index is 0.159. The van der Waals surface area contributed by atoms with Gasteiger partial charge in [-0.1, -0.05) is 6.07 Å². The lowest BCUT2D eigenvalue weighted by Crippen LogP contribution is -2.12. The fraction of sp³-hybridized carbons (Fsp3) is 0.0909. The molecule has 2 heterocycles. The Bertz CT molecular complexity index is 828. The summed E-state index contributed by atoms with van der Waals surface area (Å²) in [5.41, 5.74) is 0.00450. The van der Waals surface area contributed by atoms with Gasteiger partial charge in [0.25, 0.3) is 5.56 Å². The number of fused-ring (bicyclic) bond motifs is 2. The third-order valence-electron chi connectivity index (χ3n) is 2.65. The summed E-state index contributed by atoms with van der Waals surface area (Å²) in [5, 5.41) is 0.568. The molecule has 17 heavy (non-hydrogen) atoms. The molecule has 1 aromatic carbocycles. The normalized spacial score (nSPS) is 11.1. The zero-order chi connectivity index (χ0) is 12.0. The zero-order valence-electron chi connectivity index (χ0n) is 8.87. The Balaban J connectivity index is 2.68. The van der Waals surface area contributed by atoms with Crippen LogP contribution in [0.4, 0.5) is 0 Å². The largest absolute Gasteiger partial charge is 0.496 e. The molecule has 0 aliphatic heterocycles. The number of rotatable bonds is 1. The molecule has 6 heteroatoms. The molecule has 0 aliphatic rings. The Kier molecular flexibility index (Phi) is 2.05. The second-order valence-electron chi connectivity index (χ2n) is 3.57. The number of methoxy groups -OCH3 is 1. The van der Waals surface area contributed by atoms with Gasteiger partial charge >= 0.3 is 0 Å². The van der Waals surface area contributed by atoms with Gasteiger partial charge in [-0.2, -0.15) is 0 Å². The van der Waals surface area contributed by atoms with Crippen molar-refractivity contribution in [3.8, 4) is 5.75 Å². The van der Waals surface area contributed by atoms with Crippen LogP contribution in [-0.4, -0.2) is 16.5 Å². The molecule has 0 fully saturated rings. The number of benzene rings is 1. The van der Waals surface area contributed by atoms with Gasteiger partial charge in [0.15, 0.2) is 0 Å². The fourth-order valence-corrected chi connectivity index (χ4v) is 2.63. The van der Waals surface area contributed by atoms with Crippen LogP contribution in [0.3, 0.4) is 0 Å². The molecule has 3 aromatic rings. The molecular weight excluding hydrogens is 240 g/mol. The number of H-pyrrole nitrogens is 2. The SMILES string of the molecule is COc1cccc2[nH]c3s[nH]c(=O)c3c(=O)c12. The van der Waals surface area contributed by atoms with Crippen LogP contribution in [0.2, 0.25) is 0 Å². The standard InChI is InChI=1S/C11H8N2O3S/c1-16-6-4-2-3-5-7(6)9(14)8-10(15)13-17-11(8)12-5/h2-4H,1H3,(H,12,14)(H,13,15). The fourth-order valence-electron chi connectivity index (χ4n) is 1.88. The van der Waals surface area contributed by atoms with Crippen molar-refractivity contribution in [1.82, 2.24) is 9.36 Å². The summed E-state index contributed by atoms with van der Waals surface area (Å²) in [6, 6.07) is 5.27. The summed E-state index contributed by atoms with van der Waals surface area (Å²) >= 11 is 1.12. The van der Waals surface area contributed by atoms with Gasteiger partial charge < -0.3 is 9.72 Å². The van der Waals surface area contributed by atoms with E-state index in [0.717, 1.165) is 11.5 Å². The summed E-state index contributed by atoms with van der Waals surface area (Å²) in [5.74, 6) is 0.469. The third-order valence-corrected chi connectivity index (χ3v) is 3.45. The summed E-state index contributed by atoms with van der Waals surface area (Å²) in [6.07, 6.45) is 0. The van der Waals surface area contributed by atoms with Crippen LogP contribution in [0.1, 0.15) is 0 Å². The van der Waals surface area contributed by atoms with Crippen molar-refractivity contribution in [2.24, 2.45) is 0 Å². The number of aromatic amines is 2. The molecule has 5 nitrogen and oxygen atoms in total. The minimum Gasteiger partial charge on any atom is -0.496 e. The Hall–Kier alpha value is -2.08. The van der Waals surface area contributed by atoms with Crippen molar-refractivity contribution in [3.63, 3.8) is 0 Å². The highest BCUT2D eigenvalue weighted by atomic mass is 32.1. The first-order valence-corrected chi connectivity index (χ1v) is 5.74. The van der Waals surface area contributed by atoms with E-state index in [1.165, 1.54) is 7.11 Å². The molecule has 0 bridgehead atoms. The molecule has 0 radical (unpaired) electrons. The molecule has 0 saturated carbocycles. The summed E-state index contributed by atoms with van der Waals surface area (Å²) in [7, 11) is 1.50. The van der Waals surface area contributed by atoms with Crippen molar-refractivity contribution < 1.29 is 4.74 Å². The van der Waals surface area contributed by atoms with Crippen LogP contribution in [0, 0.1) is 0 Å².